The molecule has 0 N–H and O–H groups in total. The van der Waals surface area contributed by atoms with Gasteiger partial charge < -0.3 is 13.9 Å². The van der Waals surface area contributed by atoms with Gasteiger partial charge in [-0.2, -0.15) is 0 Å². The normalized spacial score (nSPS) is 11.7. The molecule has 0 spiro atoms. The summed E-state index contributed by atoms with van der Waals surface area (Å²) in [5, 5.41) is 0.892. The second-order valence-corrected chi connectivity index (χ2v) is 6.35. The Bertz CT molecular complexity index is 695. The number of carbonyl (C=O) groups excluding carboxylic acids is 1. The fraction of sp³-hybridized carbons (Fsp3) is 0.526. The molecule has 0 aliphatic rings. The standard InChI is InChI=1S/C19H27NO4/c1-7-23-19(21)18-16(11-20(12(2)3)13(4)5)15-10-14(22-6)8-9-17(15)24-18/h8-10,12-13H,7,11H2,1-6H3. The summed E-state index contributed by atoms with van der Waals surface area (Å²) in [5.41, 5.74) is 1.52. The summed E-state index contributed by atoms with van der Waals surface area (Å²) in [5.74, 6) is 0.599. The first kappa shape index (κ1) is 18.3. The number of benzene rings is 1. The van der Waals surface area contributed by atoms with Crippen LogP contribution in [0.3, 0.4) is 0 Å². The Balaban J connectivity index is 2.57. The van der Waals surface area contributed by atoms with E-state index in [9.17, 15) is 4.79 Å². The highest BCUT2D eigenvalue weighted by atomic mass is 16.5. The number of fused-ring (bicyclic) bond motifs is 1. The van der Waals surface area contributed by atoms with Crippen LogP contribution in [0.25, 0.3) is 11.0 Å². The summed E-state index contributed by atoms with van der Waals surface area (Å²) in [7, 11) is 1.63. The molecule has 24 heavy (non-hydrogen) atoms. The largest absolute Gasteiger partial charge is 0.497 e. The number of ether oxygens (including phenoxy) is 2. The molecule has 2 aromatic rings. The summed E-state index contributed by atoms with van der Waals surface area (Å²) in [6, 6.07) is 6.25. The smallest absolute Gasteiger partial charge is 0.374 e. The summed E-state index contributed by atoms with van der Waals surface area (Å²) < 4.78 is 16.3. The minimum Gasteiger partial charge on any atom is -0.497 e. The van der Waals surface area contributed by atoms with E-state index in [1.54, 1.807) is 14.0 Å². The molecule has 1 heterocycles. The Labute approximate surface area is 143 Å². The van der Waals surface area contributed by atoms with Crippen molar-refractivity contribution in [2.75, 3.05) is 13.7 Å². The number of furan rings is 1. The van der Waals surface area contributed by atoms with Gasteiger partial charge in [0.05, 0.1) is 13.7 Å². The van der Waals surface area contributed by atoms with E-state index in [0.717, 1.165) is 16.7 Å². The van der Waals surface area contributed by atoms with E-state index < -0.39 is 5.97 Å². The Hall–Kier alpha value is -2.01. The van der Waals surface area contributed by atoms with Gasteiger partial charge in [0.1, 0.15) is 11.3 Å². The molecule has 2 rings (SSSR count). The molecule has 0 amide bonds. The third-order valence-electron chi connectivity index (χ3n) is 4.13. The predicted octanol–water partition coefficient (Wildman–Crippen LogP) is 4.24. The minimum absolute atomic E-state index is 0.284. The van der Waals surface area contributed by atoms with Gasteiger partial charge in [0.25, 0.3) is 0 Å². The van der Waals surface area contributed by atoms with Crippen LogP contribution in [0.15, 0.2) is 22.6 Å². The van der Waals surface area contributed by atoms with E-state index in [4.69, 9.17) is 13.9 Å². The number of carbonyl (C=O) groups is 1. The maximum absolute atomic E-state index is 12.3. The Kier molecular flexibility index (Phi) is 5.89. The van der Waals surface area contributed by atoms with Crippen LogP contribution in [-0.4, -0.2) is 36.7 Å². The highest BCUT2D eigenvalue weighted by molar-refractivity contribution is 5.96. The molecule has 0 aliphatic heterocycles. The highest BCUT2D eigenvalue weighted by Gasteiger charge is 2.25. The van der Waals surface area contributed by atoms with Crippen LogP contribution in [0.2, 0.25) is 0 Å². The van der Waals surface area contributed by atoms with Gasteiger partial charge in [-0.15, -0.1) is 0 Å². The van der Waals surface area contributed by atoms with E-state index in [1.807, 2.05) is 18.2 Å². The van der Waals surface area contributed by atoms with E-state index in [0.29, 0.717) is 30.8 Å². The zero-order valence-electron chi connectivity index (χ0n) is 15.4. The lowest BCUT2D eigenvalue weighted by Gasteiger charge is -2.30. The molecular formula is C19H27NO4. The molecule has 5 nitrogen and oxygen atoms in total. The second kappa shape index (κ2) is 7.71. The van der Waals surface area contributed by atoms with E-state index >= 15 is 0 Å². The van der Waals surface area contributed by atoms with Crippen molar-refractivity contribution in [3.63, 3.8) is 0 Å². The Morgan fingerprint density at radius 1 is 1.21 bits per heavy atom. The van der Waals surface area contributed by atoms with Crippen LogP contribution in [-0.2, 0) is 11.3 Å². The van der Waals surface area contributed by atoms with Crippen LogP contribution in [0, 0.1) is 0 Å². The third kappa shape index (κ3) is 3.73. The molecule has 0 unspecified atom stereocenters. The molecule has 0 saturated heterocycles. The monoisotopic (exact) mass is 333 g/mol. The summed E-state index contributed by atoms with van der Waals surface area (Å²) >= 11 is 0. The third-order valence-corrected chi connectivity index (χ3v) is 4.13. The lowest BCUT2D eigenvalue weighted by molar-refractivity contribution is 0.0487. The van der Waals surface area contributed by atoms with Crippen molar-refractivity contribution in [1.82, 2.24) is 4.90 Å². The fourth-order valence-electron chi connectivity index (χ4n) is 2.92. The van der Waals surface area contributed by atoms with Crippen LogP contribution < -0.4 is 4.74 Å². The van der Waals surface area contributed by atoms with Gasteiger partial charge in [-0.25, -0.2) is 4.79 Å². The lowest BCUT2D eigenvalue weighted by Crippen LogP contribution is -2.36. The first-order valence-corrected chi connectivity index (χ1v) is 8.41. The Morgan fingerprint density at radius 2 is 1.88 bits per heavy atom. The lowest BCUT2D eigenvalue weighted by atomic mass is 10.1. The fourth-order valence-corrected chi connectivity index (χ4v) is 2.92. The minimum atomic E-state index is -0.421. The van der Waals surface area contributed by atoms with E-state index in [2.05, 4.69) is 32.6 Å². The average Bonchev–Trinajstić information content (AvgIpc) is 2.89. The zero-order chi connectivity index (χ0) is 17.9. The first-order valence-electron chi connectivity index (χ1n) is 8.41. The van der Waals surface area contributed by atoms with Crippen molar-refractivity contribution in [2.24, 2.45) is 0 Å². The zero-order valence-corrected chi connectivity index (χ0v) is 15.4. The summed E-state index contributed by atoms with van der Waals surface area (Å²) in [6.07, 6.45) is 0. The topological polar surface area (TPSA) is 51.9 Å². The van der Waals surface area contributed by atoms with Crippen LogP contribution in [0.1, 0.15) is 50.7 Å². The van der Waals surface area contributed by atoms with Gasteiger partial charge in [-0.1, -0.05) is 0 Å². The van der Waals surface area contributed by atoms with E-state index in [1.165, 1.54) is 0 Å². The maximum atomic E-state index is 12.3. The SMILES string of the molecule is CCOC(=O)c1oc2ccc(OC)cc2c1CN(C(C)C)C(C)C. The highest BCUT2D eigenvalue weighted by Crippen LogP contribution is 2.31. The van der Waals surface area contributed by atoms with Gasteiger partial charge in [-0.05, 0) is 52.8 Å². The van der Waals surface area contributed by atoms with Crippen molar-refractivity contribution >= 4 is 16.9 Å². The van der Waals surface area contributed by atoms with Gasteiger partial charge in [-0.3, -0.25) is 4.90 Å². The average molecular weight is 333 g/mol. The molecule has 0 saturated carbocycles. The number of hydrogen-bond acceptors (Lipinski definition) is 5. The molecule has 0 atom stereocenters. The molecule has 0 fully saturated rings. The van der Waals surface area contributed by atoms with Crippen molar-refractivity contribution < 1.29 is 18.7 Å². The van der Waals surface area contributed by atoms with Crippen molar-refractivity contribution in [3.05, 3.63) is 29.5 Å². The van der Waals surface area contributed by atoms with Crippen molar-refractivity contribution in [2.45, 2.75) is 53.2 Å². The summed E-state index contributed by atoms with van der Waals surface area (Å²) in [6.45, 7) is 11.3. The van der Waals surface area contributed by atoms with Crippen LogP contribution in [0.4, 0.5) is 0 Å². The molecule has 132 valence electrons. The van der Waals surface area contributed by atoms with Crippen LogP contribution >= 0.6 is 0 Å². The van der Waals surface area contributed by atoms with Gasteiger partial charge in [0.15, 0.2) is 0 Å². The quantitative estimate of drug-likeness (QED) is 0.710. The van der Waals surface area contributed by atoms with Gasteiger partial charge in [0, 0.05) is 29.6 Å². The van der Waals surface area contributed by atoms with Crippen LogP contribution in [0.5, 0.6) is 5.75 Å². The molecule has 1 aromatic heterocycles. The number of rotatable bonds is 7. The first-order chi connectivity index (χ1) is 11.4. The van der Waals surface area contributed by atoms with Gasteiger partial charge in [0.2, 0.25) is 5.76 Å². The number of methoxy groups -OCH3 is 1. The van der Waals surface area contributed by atoms with Gasteiger partial charge >= 0.3 is 5.97 Å². The maximum Gasteiger partial charge on any atom is 0.374 e. The number of nitrogens with zero attached hydrogens (tertiary/aromatic N) is 1. The summed E-state index contributed by atoms with van der Waals surface area (Å²) in [4.78, 5) is 14.7. The molecule has 0 bridgehead atoms. The Morgan fingerprint density at radius 3 is 2.42 bits per heavy atom. The molecular weight excluding hydrogens is 306 g/mol. The molecule has 0 aliphatic carbocycles. The molecule has 0 radical (unpaired) electrons. The van der Waals surface area contributed by atoms with Crippen molar-refractivity contribution in [1.29, 1.82) is 0 Å². The van der Waals surface area contributed by atoms with Crippen molar-refractivity contribution in [3.8, 4) is 5.75 Å². The number of hydrogen-bond donors (Lipinski definition) is 0. The number of esters is 1. The van der Waals surface area contributed by atoms with E-state index in [-0.39, 0.29) is 5.76 Å². The predicted molar refractivity (Wildman–Crippen MR) is 94.5 cm³/mol. The second-order valence-electron chi connectivity index (χ2n) is 6.35. The molecule has 1 aromatic carbocycles. The molecule has 5 heteroatoms.